The van der Waals surface area contributed by atoms with Crippen molar-refractivity contribution < 1.29 is 9.90 Å². The van der Waals surface area contributed by atoms with Gasteiger partial charge in [-0.15, -0.1) is 0 Å². The summed E-state index contributed by atoms with van der Waals surface area (Å²) in [6, 6.07) is 3.34. The molecule has 0 atom stereocenters. The number of halogens is 2. The summed E-state index contributed by atoms with van der Waals surface area (Å²) in [5.74, 6) is -1.06. The summed E-state index contributed by atoms with van der Waals surface area (Å²) < 4.78 is 0.656. The summed E-state index contributed by atoms with van der Waals surface area (Å²) in [5.41, 5.74) is 0.493. The summed E-state index contributed by atoms with van der Waals surface area (Å²) in [7, 11) is 0. The van der Waals surface area contributed by atoms with E-state index in [2.05, 4.69) is 26.1 Å². The van der Waals surface area contributed by atoms with Gasteiger partial charge in [-0.2, -0.15) is 5.10 Å². The molecule has 2 rings (SSSR count). The van der Waals surface area contributed by atoms with Crippen molar-refractivity contribution in [2.75, 3.05) is 0 Å². The molecule has 14 heavy (non-hydrogen) atoms. The highest BCUT2D eigenvalue weighted by Gasteiger charge is 2.16. The van der Waals surface area contributed by atoms with Crippen LogP contribution < -0.4 is 0 Å². The number of hydrogen-bond acceptors (Lipinski definition) is 2. The fraction of sp³-hybridized carbons (Fsp3) is 0. The van der Waals surface area contributed by atoms with Crippen LogP contribution in [0.5, 0.6) is 0 Å². The first kappa shape index (κ1) is 9.48. The zero-order valence-electron chi connectivity index (χ0n) is 6.71. The number of aromatic amines is 1. The van der Waals surface area contributed by atoms with Crippen LogP contribution in [0.2, 0.25) is 5.02 Å². The number of aromatic carboxylic acids is 1. The predicted octanol–water partition coefficient (Wildman–Crippen LogP) is 2.68. The van der Waals surface area contributed by atoms with E-state index < -0.39 is 5.97 Å². The minimum atomic E-state index is -1.06. The van der Waals surface area contributed by atoms with Gasteiger partial charge in [-0.25, -0.2) is 4.79 Å². The molecule has 72 valence electrons. The molecular weight excluding hydrogens is 271 g/mol. The Kier molecular flexibility index (Phi) is 2.20. The van der Waals surface area contributed by atoms with Crippen LogP contribution in [-0.2, 0) is 0 Å². The van der Waals surface area contributed by atoms with Crippen LogP contribution >= 0.6 is 27.5 Å². The zero-order chi connectivity index (χ0) is 10.3. The lowest BCUT2D eigenvalue weighted by Gasteiger charge is -1.96. The Morgan fingerprint density at radius 3 is 2.93 bits per heavy atom. The van der Waals surface area contributed by atoms with Crippen LogP contribution in [0.3, 0.4) is 0 Å². The smallest absolute Gasteiger partial charge is 0.354 e. The maximum atomic E-state index is 10.8. The maximum Gasteiger partial charge on any atom is 0.354 e. The van der Waals surface area contributed by atoms with E-state index in [1.54, 1.807) is 12.1 Å². The second-order valence-corrected chi connectivity index (χ2v) is 3.92. The summed E-state index contributed by atoms with van der Waals surface area (Å²) in [4.78, 5) is 10.8. The maximum absolute atomic E-state index is 10.8. The minimum absolute atomic E-state index is 0.0365. The van der Waals surface area contributed by atoms with Crippen molar-refractivity contribution in [2.24, 2.45) is 0 Å². The number of fused-ring (bicyclic) bond motifs is 1. The summed E-state index contributed by atoms with van der Waals surface area (Å²) in [5, 5.41) is 16.0. The Balaban J connectivity index is 2.90. The number of benzene rings is 1. The van der Waals surface area contributed by atoms with Crippen molar-refractivity contribution in [3.63, 3.8) is 0 Å². The standard InChI is InChI=1S/C8H4BrClN2O2/c9-3-1-2-4(10)6-5(3)7(8(13)14)12-11-6/h1-2H,(H,11,12)(H,13,14). The fourth-order valence-electron chi connectivity index (χ4n) is 1.21. The lowest BCUT2D eigenvalue weighted by atomic mass is 10.2. The van der Waals surface area contributed by atoms with E-state index in [1.807, 2.05) is 0 Å². The highest BCUT2D eigenvalue weighted by Crippen LogP contribution is 2.30. The van der Waals surface area contributed by atoms with Crippen LogP contribution in [0, 0.1) is 0 Å². The lowest BCUT2D eigenvalue weighted by molar-refractivity contribution is 0.0692. The molecule has 0 aliphatic carbocycles. The third-order valence-electron chi connectivity index (χ3n) is 1.82. The number of H-pyrrole nitrogens is 1. The second-order valence-electron chi connectivity index (χ2n) is 2.66. The lowest BCUT2D eigenvalue weighted by Crippen LogP contribution is -1.97. The number of aromatic nitrogens is 2. The Bertz CT molecular complexity index is 523. The van der Waals surface area contributed by atoms with Crippen LogP contribution in [0.1, 0.15) is 10.5 Å². The SMILES string of the molecule is O=C(O)c1[nH]nc2c(Cl)ccc(Br)c12. The number of carboxylic acid groups (broad SMARTS) is 1. The molecule has 0 saturated heterocycles. The molecule has 0 saturated carbocycles. The van der Waals surface area contributed by atoms with Crippen molar-refractivity contribution in [3.8, 4) is 0 Å². The normalized spacial score (nSPS) is 10.7. The van der Waals surface area contributed by atoms with E-state index in [1.165, 1.54) is 0 Å². The molecule has 2 aromatic rings. The van der Waals surface area contributed by atoms with Gasteiger partial charge in [0.05, 0.1) is 10.4 Å². The van der Waals surface area contributed by atoms with E-state index >= 15 is 0 Å². The predicted molar refractivity (Wildman–Crippen MR) is 55.8 cm³/mol. The number of nitrogens with one attached hydrogen (secondary N) is 1. The quantitative estimate of drug-likeness (QED) is 0.841. The topological polar surface area (TPSA) is 66.0 Å². The third kappa shape index (κ3) is 1.29. The van der Waals surface area contributed by atoms with Crippen LogP contribution in [0.4, 0.5) is 0 Å². The molecule has 0 spiro atoms. The molecule has 0 fully saturated rings. The summed E-state index contributed by atoms with van der Waals surface area (Å²) >= 11 is 9.10. The molecule has 1 heterocycles. The number of carbonyl (C=O) groups is 1. The summed E-state index contributed by atoms with van der Waals surface area (Å²) in [6.07, 6.45) is 0. The van der Waals surface area contributed by atoms with Gasteiger partial charge in [0, 0.05) is 4.47 Å². The van der Waals surface area contributed by atoms with Crippen LogP contribution in [0.15, 0.2) is 16.6 Å². The van der Waals surface area contributed by atoms with Gasteiger partial charge in [0.2, 0.25) is 0 Å². The van der Waals surface area contributed by atoms with Gasteiger partial charge in [0.25, 0.3) is 0 Å². The molecule has 0 amide bonds. The molecule has 0 aliphatic heterocycles. The van der Waals surface area contributed by atoms with Crippen molar-refractivity contribution in [1.82, 2.24) is 10.2 Å². The average Bonchev–Trinajstić information content (AvgIpc) is 2.56. The monoisotopic (exact) mass is 274 g/mol. The molecule has 0 bridgehead atoms. The van der Waals surface area contributed by atoms with Crippen molar-refractivity contribution in [3.05, 3.63) is 27.3 Å². The Labute approximate surface area is 92.0 Å². The number of carboxylic acids is 1. The summed E-state index contributed by atoms with van der Waals surface area (Å²) in [6.45, 7) is 0. The first-order valence-corrected chi connectivity index (χ1v) is 4.83. The molecule has 1 aromatic carbocycles. The first-order valence-electron chi connectivity index (χ1n) is 3.66. The fourth-order valence-corrected chi connectivity index (χ4v) is 1.93. The van der Waals surface area contributed by atoms with Crippen molar-refractivity contribution in [2.45, 2.75) is 0 Å². The average molecular weight is 275 g/mol. The molecule has 1 aromatic heterocycles. The Morgan fingerprint density at radius 2 is 2.29 bits per heavy atom. The van der Waals surface area contributed by atoms with Crippen molar-refractivity contribution >= 4 is 44.4 Å². The number of nitrogens with zero attached hydrogens (tertiary/aromatic N) is 1. The van der Waals surface area contributed by atoms with E-state index in [9.17, 15) is 4.79 Å². The highest BCUT2D eigenvalue weighted by atomic mass is 79.9. The molecular formula is C8H4BrClN2O2. The van der Waals surface area contributed by atoms with Gasteiger partial charge in [-0.3, -0.25) is 5.10 Å². The van der Waals surface area contributed by atoms with Gasteiger partial charge in [0.15, 0.2) is 5.69 Å². The van der Waals surface area contributed by atoms with Gasteiger partial charge in [-0.05, 0) is 12.1 Å². The van der Waals surface area contributed by atoms with Gasteiger partial charge >= 0.3 is 5.97 Å². The number of hydrogen-bond donors (Lipinski definition) is 2. The largest absolute Gasteiger partial charge is 0.477 e. The van der Waals surface area contributed by atoms with E-state index in [0.29, 0.717) is 20.4 Å². The Hall–Kier alpha value is -1.07. The minimum Gasteiger partial charge on any atom is -0.477 e. The van der Waals surface area contributed by atoms with Crippen molar-refractivity contribution in [1.29, 1.82) is 0 Å². The van der Waals surface area contributed by atoms with E-state index in [4.69, 9.17) is 16.7 Å². The van der Waals surface area contributed by atoms with E-state index in [-0.39, 0.29) is 5.69 Å². The zero-order valence-corrected chi connectivity index (χ0v) is 9.06. The van der Waals surface area contributed by atoms with Gasteiger partial charge in [-0.1, -0.05) is 27.5 Å². The van der Waals surface area contributed by atoms with Crippen LogP contribution in [0.25, 0.3) is 10.9 Å². The number of rotatable bonds is 1. The highest BCUT2D eigenvalue weighted by molar-refractivity contribution is 9.10. The van der Waals surface area contributed by atoms with Gasteiger partial charge in [0.1, 0.15) is 5.52 Å². The van der Waals surface area contributed by atoms with Crippen LogP contribution in [-0.4, -0.2) is 21.3 Å². The first-order chi connectivity index (χ1) is 6.61. The molecule has 6 heteroatoms. The Morgan fingerprint density at radius 1 is 1.57 bits per heavy atom. The molecule has 2 N–H and O–H groups in total. The molecule has 0 radical (unpaired) electrons. The molecule has 4 nitrogen and oxygen atoms in total. The third-order valence-corrected chi connectivity index (χ3v) is 2.79. The molecule has 0 unspecified atom stereocenters. The van der Waals surface area contributed by atoms with Gasteiger partial charge < -0.3 is 5.11 Å². The second kappa shape index (κ2) is 3.25. The van der Waals surface area contributed by atoms with E-state index in [0.717, 1.165) is 0 Å². The molecule has 0 aliphatic rings.